The monoisotopic (exact) mass is 390 g/mol. The van der Waals surface area contributed by atoms with Crippen molar-refractivity contribution in [2.45, 2.75) is 29.2 Å². The third-order valence-corrected chi connectivity index (χ3v) is 6.80. The van der Waals surface area contributed by atoms with Crippen LogP contribution in [-0.2, 0) is 16.1 Å². The van der Waals surface area contributed by atoms with Crippen LogP contribution in [0.3, 0.4) is 0 Å². The normalized spacial score (nSPS) is 19.0. The summed E-state index contributed by atoms with van der Waals surface area (Å²) in [6.07, 6.45) is 0.938. The molecule has 0 saturated carbocycles. The molecule has 1 N–H and O–H groups in total. The fourth-order valence-corrected chi connectivity index (χ4v) is 5.30. The van der Waals surface area contributed by atoms with E-state index < -0.39 is 11.4 Å². The second kappa shape index (κ2) is 9.15. The van der Waals surface area contributed by atoms with E-state index in [9.17, 15) is 4.55 Å². The van der Waals surface area contributed by atoms with Crippen molar-refractivity contribution in [3.05, 3.63) is 53.6 Å². The van der Waals surface area contributed by atoms with Gasteiger partial charge >= 0.3 is 0 Å². The fourth-order valence-electron chi connectivity index (χ4n) is 3.27. The first kappa shape index (κ1) is 19.6. The first-order chi connectivity index (χ1) is 12.7. The maximum atomic E-state index is 13.3. The van der Waals surface area contributed by atoms with E-state index in [4.69, 9.17) is 4.74 Å². The number of ether oxygens (including phenoxy) is 1. The van der Waals surface area contributed by atoms with Gasteiger partial charge in [-0.1, -0.05) is 31.2 Å². The van der Waals surface area contributed by atoms with Gasteiger partial charge in [0.15, 0.2) is 4.90 Å². The average molecular weight is 391 g/mol. The van der Waals surface area contributed by atoms with Gasteiger partial charge in [0.05, 0.1) is 18.8 Å². The van der Waals surface area contributed by atoms with Crippen LogP contribution in [0.5, 0.6) is 0 Å². The van der Waals surface area contributed by atoms with Crippen LogP contribution in [-0.4, -0.2) is 37.6 Å². The number of hydrogen-bond acceptors (Lipinski definition) is 5. The van der Waals surface area contributed by atoms with Crippen LogP contribution in [0.2, 0.25) is 0 Å². The van der Waals surface area contributed by atoms with Crippen LogP contribution in [0.15, 0.2) is 52.3 Å². The van der Waals surface area contributed by atoms with Crippen molar-refractivity contribution in [1.29, 1.82) is 0 Å². The van der Waals surface area contributed by atoms with Crippen LogP contribution < -0.4 is 9.62 Å². The number of fused-ring (bicyclic) bond motifs is 2. The minimum atomic E-state index is -1.23. The number of methoxy groups -OCH3 is 1. The largest absolute Gasteiger partial charge is 0.588 e. The molecule has 1 aliphatic rings. The maximum Gasteiger partial charge on any atom is 0.186 e. The number of thioether (sulfide) groups is 1. The van der Waals surface area contributed by atoms with E-state index in [1.165, 1.54) is 0 Å². The Morgan fingerprint density at radius 3 is 2.81 bits per heavy atom. The molecular weight excluding hydrogens is 364 g/mol. The lowest BCUT2D eigenvalue weighted by Crippen LogP contribution is -2.26. The number of benzene rings is 2. The molecule has 0 spiro atoms. The molecule has 0 aliphatic carbocycles. The molecule has 0 aromatic heterocycles. The predicted molar refractivity (Wildman–Crippen MR) is 110 cm³/mol. The third-order valence-electron chi connectivity index (χ3n) is 4.50. The zero-order valence-corrected chi connectivity index (χ0v) is 17.2. The van der Waals surface area contributed by atoms with Crippen molar-refractivity contribution in [2.24, 2.45) is 0 Å². The lowest BCUT2D eigenvalue weighted by atomic mass is 9.97. The van der Waals surface area contributed by atoms with Gasteiger partial charge in [-0.15, -0.1) is 11.8 Å². The molecular formula is C20H26N2O2S2. The molecule has 2 aromatic rings. The summed E-state index contributed by atoms with van der Waals surface area (Å²) in [5.41, 5.74) is 3.27. The highest BCUT2D eigenvalue weighted by Gasteiger charge is 2.34. The number of anilines is 1. The molecule has 1 aliphatic heterocycles. The minimum Gasteiger partial charge on any atom is -0.588 e. The number of nitrogens with one attached hydrogen (secondary N) is 1. The van der Waals surface area contributed by atoms with Gasteiger partial charge in [0.1, 0.15) is 11.4 Å². The Bertz CT molecular complexity index is 742. The molecule has 2 atom stereocenters. The Morgan fingerprint density at radius 2 is 2.04 bits per heavy atom. The lowest BCUT2D eigenvalue weighted by Gasteiger charge is -2.21. The summed E-state index contributed by atoms with van der Waals surface area (Å²) < 4.78 is 20.3. The third kappa shape index (κ3) is 4.05. The highest BCUT2D eigenvalue weighted by atomic mass is 32.2. The quantitative estimate of drug-likeness (QED) is 0.440. The van der Waals surface area contributed by atoms with Crippen LogP contribution >= 0.6 is 11.8 Å². The van der Waals surface area contributed by atoms with Gasteiger partial charge in [-0.25, -0.2) is 0 Å². The summed E-state index contributed by atoms with van der Waals surface area (Å²) in [5.74, 6) is 1.00. The summed E-state index contributed by atoms with van der Waals surface area (Å²) in [4.78, 5) is 2.06. The zero-order valence-electron chi connectivity index (χ0n) is 15.5. The molecule has 0 saturated heterocycles. The Hall–Kier alpha value is -1.18. The van der Waals surface area contributed by atoms with E-state index in [-0.39, 0.29) is 6.04 Å². The second-order valence-corrected chi connectivity index (χ2v) is 8.99. The average Bonchev–Trinajstić information content (AvgIpc) is 2.75. The molecule has 0 bridgehead atoms. The summed E-state index contributed by atoms with van der Waals surface area (Å²) in [7, 11) is 3.63. The van der Waals surface area contributed by atoms with E-state index in [0.717, 1.165) is 51.9 Å². The topological polar surface area (TPSA) is 47.6 Å². The van der Waals surface area contributed by atoms with Crippen LogP contribution in [0, 0.1) is 0 Å². The minimum absolute atomic E-state index is 0.0210. The number of hydrogen-bond donors (Lipinski definition) is 1. The SMILES string of the molecule is CCSc1ccc2c(c1)[S+]([O-])N(C)c1ccccc1C2NCCCOC. The summed E-state index contributed by atoms with van der Waals surface area (Å²) >= 11 is 0.551. The van der Waals surface area contributed by atoms with Gasteiger partial charge in [-0.2, -0.15) is 4.31 Å². The van der Waals surface area contributed by atoms with E-state index in [2.05, 4.69) is 36.5 Å². The molecule has 140 valence electrons. The van der Waals surface area contributed by atoms with Crippen molar-refractivity contribution in [2.75, 3.05) is 37.4 Å². The van der Waals surface area contributed by atoms with Gasteiger partial charge in [0.2, 0.25) is 0 Å². The van der Waals surface area contributed by atoms with Crippen molar-refractivity contribution in [3.63, 3.8) is 0 Å². The first-order valence-corrected chi connectivity index (χ1v) is 11.0. The van der Waals surface area contributed by atoms with Crippen molar-refractivity contribution in [3.8, 4) is 0 Å². The first-order valence-electron chi connectivity index (χ1n) is 8.91. The van der Waals surface area contributed by atoms with Crippen molar-refractivity contribution >= 4 is 28.8 Å². The Balaban J connectivity index is 2.04. The highest BCUT2D eigenvalue weighted by molar-refractivity contribution is 7.99. The van der Waals surface area contributed by atoms with Gasteiger partial charge in [-0.3, -0.25) is 0 Å². The molecule has 2 unspecified atom stereocenters. The fraction of sp³-hybridized carbons (Fsp3) is 0.400. The molecule has 4 nitrogen and oxygen atoms in total. The van der Waals surface area contributed by atoms with Gasteiger partial charge in [0, 0.05) is 35.8 Å². The Labute approximate surface area is 163 Å². The molecule has 6 heteroatoms. The smallest absolute Gasteiger partial charge is 0.186 e. The Morgan fingerprint density at radius 1 is 1.23 bits per heavy atom. The predicted octanol–water partition coefficient (Wildman–Crippen LogP) is 3.99. The molecule has 1 heterocycles. The number of rotatable bonds is 7. The van der Waals surface area contributed by atoms with E-state index in [1.54, 1.807) is 18.9 Å². The van der Waals surface area contributed by atoms with Crippen LogP contribution in [0.4, 0.5) is 5.69 Å². The maximum absolute atomic E-state index is 13.3. The molecule has 0 radical (unpaired) electrons. The Kier molecular flexibility index (Phi) is 6.89. The van der Waals surface area contributed by atoms with Gasteiger partial charge < -0.3 is 14.6 Å². The molecule has 26 heavy (non-hydrogen) atoms. The van der Waals surface area contributed by atoms with Gasteiger partial charge in [-0.05, 0) is 30.9 Å². The molecule has 0 amide bonds. The van der Waals surface area contributed by atoms with Crippen LogP contribution in [0.25, 0.3) is 0 Å². The molecule has 0 fully saturated rings. The van der Waals surface area contributed by atoms with E-state index in [1.807, 2.05) is 29.6 Å². The standard InChI is InChI=1S/C20H26N2O2S2/c1-4-25-15-10-11-17-19(14-15)26(23)22(2)18-9-6-5-8-16(18)20(17)21-12-7-13-24-3/h5-6,8-11,14,20-21H,4,7,12-13H2,1-3H3. The van der Waals surface area contributed by atoms with Crippen LogP contribution in [0.1, 0.15) is 30.5 Å². The second-order valence-electron chi connectivity index (χ2n) is 6.17. The molecule has 2 aromatic carbocycles. The van der Waals surface area contributed by atoms with E-state index >= 15 is 0 Å². The number of para-hydroxylation sites is 1. The summed E-state index contributed by atoms with van der Waals surface area (Å²) in [6.45, 7) is 3.70. The molecule has 3 rings (SSSR count). The van der Waals surface area contributed by atoms with E-state index in [0.29, 0.717) is 0 Å². The number of nitrogens with zero attached hydrogens (tertiary/aromatic N) is 1. The lowest BCUT2D eigenvalue weighted by molar-refractivity contribution is 0.193. The summed E-state index contributed by atoms with van der Waals surface area (Å²) in [6, 6.07) is 14.6. The van der Waals surface area contributed by atoms with Crippen molar-refractivity contribution in [1.82, 2.24) is 5.32 Å². The van der Waals surface area contributed by atoms with Crippen molar-refractivity contribution < 1.29 is 9.29 Å². The summed E-state index contributed by atoms with van der Waals surface area (Å²) in [5, 5.41) is 3.65. The van der Waals surface area contributed by atoms with Gasteiger partial charge in [0.25, 0.3) is 0 Å². The highest BCUT2D eigenvalue weighted by Crippen LogP contribution is 2.41. The zero-order chi connectivity index (χ0) is 18.5.